The van der Waals surface area contributed by atoms with E-state index in [0.717, 1.165) is 4.90 Å². The number of carbonyl (C=O) groups excluding carboxylic acids is 3. The number of Topliss-reactive ketones (excluding diaryl/α,β-unsaturated/α-hetero) is 1. The number of nitrogens with zero attached hydrogens (tertiary/aromatic N) is 1. The molecular formula is C33H36N2O11. The van der Waals surface area contributed by atoms with Crippen molar-refractivity contribution in [1.29, 1.82) is 0 Å². The summed E-state index contributed by atoms with van der Waals surface area (Å²) in [5, 5.41) is 12.8. The summed E-state index contributed by atoms with van der Waals surface area (Å²) in [4.78, 5) is 55.8. The number of methoxy groups -OCH3 is 4. The maximum absolute atomic E-state index is 14.9. The minimum Gasteiger partial charge on any atom is -0.497 e. The van der Waals surface area contributed by atoms with Crippen LogP contribution in [-0.2, 0) is 9.47 Å². The molecule has 244 valence electrons. The van der Waals surface area contributed by atoms with Crippen LogP contribution in [0.1, 0.15) is 43.9 Å². The van der Waals surface area contributed by atoms with E-state index >= 15 is 0 Å². The number of amides is 2. The predicted molar refractivity (Wildman–Crippen MR) is 164 cm³/mol. The van der Waals surface area contributed by atoms with Crippen molar-refractivity contribution < 1.29 is 52.7 Å². The van der Waals surface area contributed by atoms with E-state index in [9.17, 15) is 24.3 Å². The fourth-order valence-corrected chi connectivity index (χ4v) is 5.21. The fraction of sp³-hybridized carbons (Fsp3) is 0.333. The van der Waals surface area contributed by atoms with Gasteiger partial charge in [0.2, 0.25) is 5.78 Å². The quantitative estimate of drug-likeness (QED) is 0.168. The first kappa shape index (κ1) is 33.6. The van der Waals surface area contributed by atoms with Crippen LogP contribution >= 0.6 is 0 Å². The van der Waals surface area contributed by atoms with Crippen molar-refractivity contribution >= 4 is 23.8 Å². The van der Waals surface area contributed by atoms with Gasteiger partial charge in [-0.25, -0.2) is 9.59 Å². The van der Waals surface area contributed by atoms with Gasteiger partial charge in [0.1, 0.15) is 23.0 Å². The number of nitrogens with one attached hydrogen (secondary N) is 1. The molecule has 0 saturated carbocycles. The number of benzene rings is 3. The molecule has 1 fully saturated rings. The second kappa shape index (κ2) is 15.1. The minimum atomic E-state index is -2.10. The molecule has 1 heterocycles. The number of carbonyl (C=O) groups is 4. The Morgan fingerprint density at radius 3 is 2.15 bits per heavy atom. The van der Waals surface area contributed by atoms with Gasteiger partial charge in [-0.3, -0.25) is 9.59 Å². The normalized spacial score (nSPS) is 17.7. The molecule has 0 radical (unpaired) electrons. The van der Waals surface area contributed by atoms with Gasteiger partial charge in [0, 0.05) is 31.8 Å². The second-order valence-electron chi connectivity index (χ2n) is 10.3. The molecular weight excluding hydrogens is 600 g/mol. The number of ketones is 1. The molecule has 1 aliphatic rings. The molecule has 2 N–H and O–H groups in total. The maximum atomic E-state index is 14.9. The number of ether oxygens (including phenoxy) is 6. The summed E-state index contributed by atoms with van der Waals surface area (Å²) in [7, 11) is 5.69. The lowest BCUT2D eigenvalue weighted by Gasteiger charge is -2.39. The van der Waals surface area contributed by atoms with E-state index in [1.165, 1.54) is 64.8 Å². The van der Waals surface area contributed by atoms with Crippen LogP contribution in [0.2, 0.25) is 0 Å². The van der Waals surface area contributed by atoms with Crippen LogP contribution in [0.5, 0.6) is 23.0 Å². The Balaban J connectivity index is 1.90. The zero-order valence-corrected chi connectivity index (χ0v) is 25.9. The zero-order valence-electron chi connectivity index (χ0n) is 25.9. The van der Waals surface area contributed by atoms with E-state index in [2.05, 4.69) is 5.32 Å². The standard InChI is InChI=1S/C33H36N2O11/c1-41-20-45-27-12-11-23(42-2)18-26(27)29(36)33(46-31(38)21-9-6-5-7-10-21)13-8-14-35(32(39)40)19-28(33)34-30(37)22-15-24(43-3)17-25(16-22)44-4/h5-7,9-12,15-18,28H,8,13-14,19-20H2,1-4H3,(H,34,37)(H,39,40)/t28-,33-/m1/s1. The lowest BCUT2D eigenvalue weighted by atomic mass is 9.81. The van der Waals surface area contributed by atoms with Crippen molar-refractivity contribution in [2.45, 2.75) is 24.5 Å². The van der Waals surface area contributed by atoms with Gasteiger partial charge in [-0.1, -0.05) is 18.2 Å². The molecule has 13 nitrogen and oxygen atoms in total. The predicted octanol–water partition coefficient (Wildman–Crippen LogP) is 4.05. The van der Waals surface area contributed by atoms with Crippen molar-refractivity contribution in [3.63, 3.8) is 0 Å². The molecule has 2 amide bonds. The number of esters is 1. The fourth-order valence-electron chi connectivity index (χ4n) is 5.21. The van der Waals surface area contributed by atoms with E-state index in [1.54, 1.807) is 30.3 Å². The number of hydrogen-bond donors (Lipinski definition) is 2. The highest BCUT2D eigenvalue weighted by molar-refractivity contribution is 6.08. The van der Waals surface area contributed by atoms with Gasteiger partial charge < -0.3 is 43.7 Å². The highest BCUT2D eigenvalue weighted by Crippen LogP contribution is 2.37. The topological polar surface area (TPSA) is 159 Å². The number of rotatable bonds is 12. The Morgan fingerprint density at radius 1 is 0.870 bits per heavy atom. The molecule has 3 aromatic rings. The zero-order chi connectivity index (χ0) is 33.3. The minimum absolute atomic E-state index is 0.0117. The maximum Gasteiger partial charge on any atom is 0.407 e. The van der Waals surface area contributed by atoms with Crippen molar-refractivity contribution in [2.24, 2.45) is 0 Å². The second-order valence-corrected chi connectivity index (χ2v) is 10.3. The summed E-state index contributed by atoms with van der Waals surface area (Å²) in [6.07, 6.45) is -1.29. The molecule has 0 bridgehead atoms. The van der Waals surface area contributed by atoms with Crippen LogP contribution in [0.3, 0.4) is 0 Å². The smallest absolute Gasteiger partial charge is 0.407 e. The molecule has 4 rings (SSSR count). The monoisotopic (exact) mass is 636 g/mol. The molecule has 0 unspecified atom stereocenters. The Hall–Kier alpha value is -5.30. The summed E-state index contributed by atoms with van der Waals surface area (Å²) in [5.41, 5.74) is -1.88. The lowest BCUT2D eigenvalue weighted by molar-refractivity contribution is -0.0274. The van der Waals surface area contributed by atoms with Crippen LogP contribution in [0.25, 0.3) is 0 Å². The number of hydrogen-bond acceptors (Lipinski definition) is 10. The van der Waals surface area contributed by atoms with Crippen molar-refractivity contribution in [1.82, 2.24) is 10.2 Å². The van der Waals surface area contributed by atoms with Crippen molar-refractivity contribution in [3.8, 4) is 23.0 Å². The van der Waals surface area contributed by atoms with Crippen LogP contribution in [0, 0.1) is 0 Å². The first-order chi connectivity index (χ1) is 22.1. The van der Waals surface area contributed by atoms with Gasteiger partial charge >= 0.3 is 12.1 Å². The Morgan fingerprint density at radius 2 is 1.54 bits per heavy atom. The largest absolute Gasteiger partial charge is 0.497 e. The first-order valence-electron chi connectivity index (χ1n) is 14.3. The van der Waals surface area contributed by atoms with Gasteiger partial charge in [0.15, 0.2) is 12.4 Å². The van der Waals surface area contributed by atoms with E-state index in [-0.39, 0.29) is 55.2 Å². The Labute approximate surface area is 265 Å². The highest BCUT2D eigenvalue weighted by atomic mass is 16.7. The first-order valence-corrected chi connectivity index (χ1v) is 14.3. The highest BCUT2D eigenvalue weighted by Gasteiger charge is 2.53. The molecule has 2 atom stereocenters. The Bertz CT molecular complexity index is 1540. The van der Waals surface area contributed by atoms with Crippen LogP contribution in [0.4, 0.5) is 4.79 Å². The molecule has 1 aliphatic heterocycles. The summed E-state index contributed by atoms with van der Waals surface area (Å²) in [5.74, 6) is -1.21. The third-order valence-electron chi connectivity index (χ3n) is 7.56. The summed E-state index contributed by atoms with van der Waals surface area (Å²) in [6.45, 7) is -0.569. The van der Waals surface area contributed by atoms with E-state index < -0.39 is 35.4 Å². The average Bonchev–Trinajstić information content (AvgIpc) is 3.26. The number of likely N-dealkylation sites (tertiary alicyclic amines) is 1. The molecule has 46 heavy (non-hydrogen) atoms. The van der Waals surface area contributed by atoms with E-state index in [4.69, 9.17) is 28.4 Å². The van der Waals surface area contributed by atoms with E-state index in [1.807, 2.05) is 0 Å². The summed E-state index contributed by atoms with van der Waals surface area (Å²) < 4.78 is 32.9. The summed E-state index contributed by atoms with van der Waals surface area (Å²) in [6, 6.07) is 15.7. The van der Waals surface area contributed by atoms with Gasteiger partial charge in [0.25, 0.3) is 5.91 Å². The molecule has 1 saturated heterocycles. The molecule has 0 aromatic heterocycles. The third-order valence-corrected chi connectivity index (χ3v) is 7.56. The Kier molecular flexibility index (Phi) is 11.0. The average molecular weight is 637 g/mol. The molecule has 3 aromatic carbocycles. The van der Waals surface area contributed by atoms with Crippen LogP contribution < -0.4 is 24.3 Å². The van der Waals surface area contributed by atoms with Crippen LogP contribution in [-0.4, -0.2) is 93.7 Å². The van der Waals surface area contributed by atoms with Gasteiger partial charge in [0.05, 0.1) is 38.5 Å². The van der Waals surface area contributed by atoms with Crippen molar-refractivity contribution in [2.75, 3.05) is 48.3 Å². The number of carboxylic acid groups (broad SMARTS) is 1. The third kappa shape index (κ3) is 7.49. The lowest BCUT2D eigenvalue weighted by Crippen LogP contribution is -2.62. The van der Waals surface area contributed by atoms with Gasteiger partial charge in [-0.05, 0) is 55.3 Å². The van der Waals surface area contributed by atoms with Crippen LogP contribution in [0.15, 0.2) is 66.7 Å². The molecule has 0 spiro atoms. The van der Waals surface area contributed by atoms with Gasteiger partial charge in [-0.2, -0.15) is 0 Å². The van der Waals surface area contributed by atoms with Gasteiger partial charge in [-0.15, -0.1) is 0 Å². The summed E-state index contributed by atoms with van der Waals surface area (Å²) >= 11 is 0. The SMILES string of the molecule is COCOc1ccc(OC)cc1C(=O)[C@@]1(OC(=O)c2ccccc2)CCCN(C(=O)O)C[C@H]1NC(=O)c1cc(OC)cc(OC)c1. The van der Waals surface area contributed by atoms with Crippen molar-refractivity contribution in [3.05, 3.63) is 83.4 Å². The van der Waals surface area contributed by atoms with E-state index in [0.29, 0.717) is 17.2 Å². The molecule has 0 aliphatic carbocycles. The molecule has 13 heteroatoms.